The Kier molecular flexibility index (Phi) is 12.2. The Bertz CT molecular complexity index is 1370. The Morgan fingerprint density at radius 1 is 0.700 bits per heavy atom. The zero-order valence-corrected chi connectivity index (χ0v) is 24.2. The van der Waals surface area contributed by atoms with Crippen LogP contribution in [0.2, 0.25) is 0 Å². The van der Waals surface area contributed by atoms with Crippen LogP contribution in [0.5, 0.6) is 0 Å². The molecule has 0 aliphatic carbocycles. The fourth-order valence-corrected chi connectivity index (χ4v) is 5.47. The summed E-state index contributed by atoms with van der Waals surface area (Å²) < 4.78 is 62.3. The molecule has 3 N–H and O–H groups in total. The number of nitrogens with zero attached hydrogens (tertiary/aromatic N) is 2. The van der Waals surface area contributed by atoms with Crippen molar-refractivity contribution in [3.05, 3.63) is 59.7 Å². The highest BCUT2D eigenvalue weighted by Crippen LogP contribution is 2.17. The van der Waals surface area contributed by atoms with Crippen LogP contribution >= 0.6 is 0 Å². The minimum atomic E-state index is -3.87. The molecule has 220 valence electrons. The summed E-state index contributed by atoms with van der Waals surface area (Å²) >= 11 is 0. The molecule has 14 nitrogen and oxygen atoms in total. The summed E-state index contributed by atoms with van der Waals surface area (Å²) in [6.45, 7) is 0.147. The van der Waals surface area contributed by atoms with Crippen LogP contribution in [0.25, 0.3) is 0 Å². The molecule has 0 unspecified atom stereocenters. The Hall–Kier alpha value is -3.41. The average molecular weight is 600 g/mol. The Labute approximate surface area is 233 Å². The van der Waals surface area contributed by atoms with Gasteiger partial charge in [-0.2, -0.15) is 4.31 Å². The van der Waals surface area contributed by atoms with Crippen LogP contribution < -0.4 is 16.2 Å². The predicted octanol–water partition coefficient (Wildman–Crippen LogP) is -0.589. The van der Waals surface area contributed by atoms with E-state index in [1.807, 2.05) is 0 Å². The van der Waals surface area contributed by atoms with E-state index in [1.54, 1.807) is 0 Å². The summed E-state index contributed by atoms with van der Waals surface area (Å²) in [5.41, 5.74) is 4.54. The Morgan fingerprint density at radius 3 is 1.60 bits per heavy atom. The molecule has 0 radical (unpaired) electrons. The summed E-state index contributed by atoms with van der Waals surface area (Å²) in [4.78, 5) is 36.7. The predicted molar refractivity (Wildman–Crippen MR) is 144 cm³/mol. The maximum atomic E-state index is 13.0. The zero-order chi connectivity index (χ0) is 29.9. The number of rotatable bonds is 14. The molecule has 0 aliphatic rings. The van der Waals surface area contributed by atoms with Crippen LogP contribution in [0.3, 0.4) is 0 Å². The fraction of sp³-hybridized carbons (Fsp3) is 0.375. The van der Waals surface area contributed by atoms with Crippen LogP contribution in [0.15, 0.2) is 58.3 Å². The van der Waals surface area contributed by atoms with E-state index in [4.69, 9.17) is 9.47 Å². The second kappa shape index (κ2) is 14.8. The van der Waals surface area contributed by atoms with Gasteiger partial charge < -0.3 is 14.8 Å². The molecule has 0 saturated carbocycles. The van der Waals surface area contributed by atoms with Gasteiger partial charge in [0.15, 0.2) is 0 Å². The summed E-state index contributed by atoms with van der Waals surface area (Å²) in [6, 6.07) is 10.3. The molecule has 0 atom stereocenters. The minimum absolute atomic E-state index is 0.00894. The molecule has 0 aromatic heterocycles. The van der Waals surface area contributed by atoms with Crippen molar-refractivity contribution in [3.8, 4) is 0 Å². The average Bonchev–Trinajstić information content (AvgIpc) is 2.94. The van der Waals surface area contributed by atoms with Crippen LogP contribution in [0, 0.1) is 0 Å². The molecule has 0 saturated heterocycles. The van der Waals surface area contributed by atoms with Crippen LogP contribution in [-0.4, -0.2) is 104 Å². The van der Waals surface area contributed by atoms with Gasteiger partial charge in [-0.05, 0) is 48.5 Å². The third-order valence-corrected chi connectivity index (χ3v) is 9.21. The molecular weight excluding hydrogens is 566 g/mol. The van der Waals surface area contributed by atoms with E-state index >= 15 is 0 Å². The molecule has 40 heavy (non-hydrogen) atoms. The van der Waals surface area contributed by atoms with E-state index in [2.05, 4.69) is 16.2 Å². The summed E-state index contributed by atoms with van der Waals surface area (Å²) in [5, 5.41) is 2.36. The topological polar surface area (TPSA) is 181 Å². The lowest BCUT2D eigenvalue weighted by Gasteiger charge is -2.21. The zero-order valence-electron chi connectivity index (χ0n) is 22.5. The molecule has 2 rings (SSSR count). The number of hydrazine groups is 1. The van der Waals surface area contributed by atoms with Gasteiger partial charge in [0.2, 0.25) is 20.0 Å². The maximum Gasteiger partial charge on any atom is 0.269 e. The van der Waals surface area contributed by atoms with Gasteiger partial charge >= 0.3 is 0 Å². The van der Waals surface area contributed by atoms with Crippen molar-refractivity contribution in [2.45, 2.75) is 9.79 Å². The minimum Gasteiger partial charge on any atom is -0.383 e. The van der Waals surface area contributed by atoms with Gasteiger partial charge in [0.25, 0.3) is 17.7 Å². The largest absolute Gasteiger partial charge is 0.383 e. The van der Waals surface area contributed by atoms with Gasteiger partial charge in [-0.1, -0.05) is 0 Å². The Morgan fingerprint density at radius 2 is 1.15 bits per heavy atom. The van der Waals surface area contributed by atoms with Crippen LogP contribution in [0.4, 0.5) is 0 Å². The standard InChI is InChI=1S/C24H33N5O9S2/c1-28(2)39(33,34)20-9-5-18(6-10-20)23(31)25-17-22(30)26-27-24(32)19-7-11-21(12-8-19)40(35,36)29(13-15-37-3)14-16-38-4/h5-12H,13-17H2,1-4H3,(H,25,31)(H,26,30)(H,27,32). The van der Waals surface area contributed by atoms with E-state index in [0.29, 0.717) is 0 Å². The number of sulfonamides is 2. The molecule has 2 aromatic carbocycles. The van der Waals surface area contributed by atoms with E-state index in [1.165, 1.54) is 81.2 Å². The molecule has 3 amide bonds. The lowest BCUT2D eigenvalue weighted by molar-refractivity contribution is -0.120. The van der Waals surface area contributed by atoms with E-state index in [-0.39, 0.29) is 47.2 Å². The van der Waals surface area contributed by atoms with Crippen molar-refractivity contribution >= 4 is 37.8 Å². The number of hydrogen-bond donors (Lipinski definition) is 3. The maximum absolute atomic E-state index is 13.0. The molecular formula is C24H33N5O9S2. The van der Waals surface area contributed by atoms with Gasteiger partial charge in [-0.25, -0.2) is 21.1 Å². The fourth-order valence-electron chi connectivity index (χ4n) is 3.16. The van der Waals surface area contributed by atoms with Crippen LogP contribution in [0.1, 0.15) is 20.7 Å². The van der Waals surface area contributed by atoms with Crippen LogP contribution in [-0.2, 0) is 34.3 Å². The highest BCUT2D eigenvalue weighted by atomic mass is 32.2. The highest BCUT2D eigenvalue weighted by Gasteiger charge is 2.24. The highest BCUT2D eigenvalue weighted by molar-refractivity contribution is 7.89. The number of carbonyl (C=O) groups excluding carboxylic acids is 3. The van der Waals surface area contributed by atoms with Gasteiger partial charge in [-0.3, -0.25) is 25.2 Å². The van der Waals surface area contributed by atoms with Gasteiger partial charge in [0.05, 0.1) is 29.5 Å². The second-order valence-electron chi connectivity index (χ2n) is 8.41. The van der Waals surface area contributed by atoms with Crippen molar-refractivity contribution in [1.29, 1.82) is 0 Å². The van der Waals surface area contributed by atoms with Crippen molar-refractivity contribution in [2.24, 2.45) is 0 Å². The third-order valence-electron chi connectivity index (χ3n) is 5.46. The van der Waals surface area contributed by atoms with Gasteiger partial charge in [-0.15, -0.1) is 0 Å². The lowest BCUT2D eigenvalue weighted by atomic mass is 10.2. The van der Waals surface area contributed by atoms with Crippen molar-refractivity contribution < 1.29 is 40.7 Å². The number of nitrogens with one attached hydrogen (secondary N) is 3. The first-order valence-corrected chi connectivity index (χ1v) is 14.7. The SMILES string of the molecule is COCCN(CCOC)S(=O)(=O)c1ccc(C(=O)NNC(=O)CNC(=O)c2ccc(S(=O)(=O)N(C)C)cc2)cc1. The first kappa shape index (κ1) is 32.8. The van der Waals surface area contributed by atoms with Crippen molar-refractivity contribution in [1.82, 2.24) is 24.8 Å². The molecule has 0 spiro atoms. The summed E-state index contributed by atoms with van der Waals surface area (Å²) in [5.74, 6) is -2.08. The molecule has 2 aromatic rings. The monoisotopic (exact) mass is 599 g/mol. The molecule has 0 aliphatic heterocycles. The number of amides is 3. The van der Waals surface area contributed by atoms with Crippen molar-refractivity contribution in [3.63, 3.8) is 0 Å². The third kappa shape index (κ3) is 8.80. The van der Waals surface area contributed by atoms with E-state index in [9.17, 15) is 31.2 Å². The number of hydrogen-bond acceptors (Lipinski definition) is 9. The van der Waals surface area contributed by atoms with Gasteiger partial charge in [0, 0.05) is 52.5 Å². The normalized spacial score (nSPS) is 11.8. The molecule has 0 bridgehead atoms. The second-order valence-corrected chi connectivity index (χ2v) is 12.5. The molecule has 0 heterocycles. The molecule has 0 fully saturated rings. The number of ether oxygens (including phenoxy) is 2. The summed E-state index contributed by atoms with van der Waals surface area (Å²) in [6.07, 6.45) is 0. The quantitative estimate of drug-likeness (QED) is 0.239. The number of benzene rings is 2. The molecule has 16 heteroatoms. The smallest absolute Gasteiger partial charge is 0.269 e. The Balaban J connectivity index is 1.91. The summed E-state index contributed by atoms with van der Waals surface area (Å²) in [7, 11) is -1.82. The first-order chi connectivity index (χ1) is 18.8. The first-order valence-electron chi connectivity index (χ1n) is 11.8. The lowest BCUT2D eigenvalue weighted by Crippen LogP contribution is -2.46. The number of methoxy groups -OCH3 is 2. The van der Waals surface area contributed by atoms with E-state index in [0.717, 1.165) is 4.31 Å². The van der Waals surface area contributed by atoms with Crippen molar-refractivity contribution in [2.75, 3.05) is 61.2 Å². The van der Waals surface area contributed by atoms with E-state index < -0.39 is 44.3 Å². The number of carbonyl (C=O) groups is 3. The van der Waals surface area contributed by atoms with Gasteiger partial charge in [0.1, 0.15) is 0 Å².